The minimum Gasteiger partial charge on any atom is -0.329 e. The number of likely N-dealkylation sites (tertiary alicyclic amines) is 1. The average Bonchev–Trinajstić information content (AvgIpc) is 2.84. The smallest absolute Gasteiger partial charge is 0.208 e. The fraction of sp³-hybridized carbons (Fsp3) is 0.429. The summed E-state index contributed by atoms with van der Waals surface area (Å²) < 4.78 is 0. The van der Waals surface area contributed by atoms with E-state index < -0.39 is 5.92 Å². The lowest BCUT2D eigenvalue weighted by molar-refractivity contribution is -0.878. The lowest BCUT2D eigenvalue weighted by Crippen LogP contribution is -3.11. The number of hydrogen-bond acceptors (Lipinski definition) is 2. The highest BCUT2D eigenvalue weighted by Gasteiger charge is 2.26. The van der Waals surface area contributed by atoms with Crippen LogP contribution in [0.3, 0.4) is 0 Å². The fourth-order valence-electron chi connectivity index (χ4n) is 2.38. The largest absolute Gasteiger partial charge is 0.329 e. The zero-order valence-corrected chi connectivity index (χ0v) is 9.86. The highest BCUT2D eigenvalue weighted by atomic mass is 16.1. The van der Waals surface area contributed by atoms with Crippen LogP contribution in [0.4, 0.5) is 0 Å². The first kappa shape index (κ1) is 11.8. The number of hydrogen-bond donors (Lipinski definition) is 1. The molecule has 1 aromatic rings. The van der Waals surface area contributed by atoms with E-state index in [1.165, 1.54) is 17.7 Å². The fourth-order valence-corrected chi connectivity index (χ4v) is 2.38. The van der Waals surface area contributed by atoms with E-state index in [4.69, 9.17) is 5.26 Å². The summed E-state index contributed by atoms with van der Waals surface area (Å²) in [5.74, 6) is -0.542. The van der Waals surface area contributed by atoms with E-state index in [1.54, 1.807) is 0 Å². The predicted octanol–water partition coefficient (Wildman–Crippen LogP) is 0.542. The maximum absolute atomic E-state index is 12.1. The minimum atomic E-state index is -0.593. The van der Waals surface area contributed by atoms with Crippen molar-refractivity contribution in [1.82, 2.24) is 0 Å². The number of ketones is 1. The topological polar surface area (TPSA) is 45.3 Å². The molecule has 0 unspecified atom stereocenters. The van der Waals surface area contributed by atoms with Crippen LogP contribution in [0.1, 0.15) is 24.3 Å². The molecule has 0 saturated carbocycles. The van der Waals surface area contributed by atoms with Crippen molar-refractivity contribution >= 4 is 5.78 Å². The zero-order chi connectivity index (χ0) is 12.1. The van der Waals surface area contributed by atoms with Gasteiger partial charge in [0.25, 0.3) is 0 Å². The summed E-state index contributed by atoms with van der Waals surface area (Å²) in [4.78, 5) is 13.4. The van der Waals surface area contributed by atoms with E-state index in [9.17, 15) is 4.79 Å². The number of carbonyl (C=O) groups excluding carboxylic acids is 1. The van der Waals surface area contributed by atoms with E-state index in [0.29, 0.717) is 6.54 Å². The van der Waals surface area contributed by atoms with Crippen LogP contribution in [-0.4, -0.2) is 25.4 Å². The zero-order valence-electron chi connectivity index (χ0n) is 9.86. The number of rotatable bonds is 4. The van der Waals surface area contributed by atoms with Gasteiger partial charge in [-0.2, -0.15) is 5.26 Å². The van der Waals surface area contributed by atoms with Gasteiger partial charge in [-0.15, -0.1) is 0 Å². The second-order valence-corrected chi connectivity index (χ2v) is 4.57. The van der Waals surface area contributed by atoms with Crippen molar-refractivity contribution in [2.75, 3.05) is 19.6 Å². The molecule has 1 saturated heterocycles. The second-order valence-electron chi connectivity index (χ2n) is 4.57. The Hall–Kier alpha value is -1.66. The van der Waals surface area contributed by atoms with Gasteiger partial charge in [-0.3, -0.25) is 4.79 Å². The third kappa shape index (κ3) is 2.92. The van der Waals surface area contributed by atoms with Crippen molar-refractivity contribution in [2.24, 2.45) is 0 Å². The Kier molecular flexibility index (Phi) is 3.89. The van der Waals surface area contributed by atoms with Crippen LogP contribution in [0, 0.1) is 11.3 Å². The van der Waals surface area contributed by atoms with Gasteiger partial charge in [0.2, 0.25) is 5.78 Å². The SMILES string of the molecule is N#C[C@@H](C(=O)C[NH+]1CCCC1)c1ccccc1. The van der Waals surface area contributed by atoms with Crippen molar-refractivity contribution in [3.05, 3.63) is 35.9 Å². The first-order chi connectivity index (χ1) is 8.31. The van der Waals surface area contributed by atoms with Gasteiger partial charge in [0.1, 0.15) is 12.5 Å². The van der Waals surface area contributed by atoms with Gasteiger partial charge in [0.15, 0.2) is 0 Å². The van der Waals surface area contributed by atoms with Crippen LogP contribution in [0.5, 0.6) is 0 Å². The van der Waals surface area contributed by atoms with Crippen LogP contribution >= 0.6 is 0 Å². The third-order valence-corrected chi connectivity index (χ3v) is 3.32. The molecule has 0 aliphatic carbocycles. The monoisotopic (exact) mass is 229 g/mol. The summed E-state index contributed by atoms with van der Waals surface area (Å²) in [6.45, 7) is 2.63. The molecule has 1 aliphatic heterocycles. The molecule has 1 N–H and O–H groups in total. The maximum atomic E-state index is 12.1. The molecule has 3 nitrogen and oxygen atoms in total. The van der Waals surface area contributed by atoms with E-state index in [-0.39, 0.29) is 5.78 Å². The van der Waals surface area contributed by atoms with E-state index in [0.717, 1.165) is 18.7 Å². The Balaban J connectivity index is 2.03. The van der Waals surface area contributed by atoms with Gasteiger partial charge in [0, 0.05) is 12.8 Å². The van der Waals surface area contributed by atoms with Gasteiger partial charge >= 0.3 is 0 Å². The molecule has 88 valence electrons. The lowest BCUT2D eigenvalue weighted by Gasteiger charge is -2.13. The van der Waals surface area contributed by atoms with E-state index >= 15 is 0 Å². The number of nitriles is 1. The minimum absolute atomic E-state index is 0.0515. The summed E-state index contributed by atoms with van der Waals surface area (Å²) in [6.07, 6.45) is 2.40. The molecule has 2 rings (SSSR count). The van der Waals surface area contributed by atoms with Gasteiger partial charge in [-0.25, -0.2) is 0 Å². The number of nitrogens with one attached hydrogen (secondary N) is 1. The van der Waals surface area contributed by atoms with Crippen LogP contribution in [0.15, 0.2) is 30.3 Å². The molecule has 1 aromatic carbocycles. The molecule has 1 fully saturated rings. The Labute approximate surface area is 102 Å². The molecule has 3 heteroatoms. The Bertz CT molecular complexity index is 416. The normalized spacial score (nSPS) is 17.6. The van der Waals surface area contributed by atoms with Crippen LogP contribution in [0.2, 0.25) is 0 Å². The summed E-state index contributed by atoms with van der Waals surface area (Å²) in [5.41, 5.74) is 0.818. The lowest BCUT2D eigenvalue weighted by atomic mass is 9.96. The summed E-state index contributed by atoms with van der Waals surface area (Å²) in [7, 11) is 0. The summed E-state index contributed by atoms with van der Waals surface area (Å²) in [5, 5.41) is 9.14. The molecular weight excluding hydrogens is 212 g/mol. The first-order valence-electron chi connectivity index (χ1n) is 6.12. The Morgan fingerprint density at radius 2 is 1.94 bits per heavy atom. The number of carbonyl (C=O) groups is 1. The highest BCUT2D eigenvalue weighted by molar-refractivity contribution is 5.89. The van der Waals surface area contributed by atoms with E-state index in [1.807, 2.05) is 30.3 Å². The standard InChI is InChI=1S/C14H16N2O/c15-10-13(12-6-2-1-3-7-12)14(17)11-16-8-4-5-9-16/h1-3,6-7,13H,4-5,8-9,11H2/p+1/t13-/m1/s1. The van der Waals surface area contributed by atoms with Crippen molar-refractivity contribution < 1.29 is 9.69 Å². The highest BCUT2D eigenvalue weighted by Crippen LogP contribution is 2.14. The molecule has 0 bridgehead atoms. The number of Topliss-reactive ketones (excluding diaryl/α,β-unsaturated/α-hetero) is 1. The Morgan fingerprint density at radius 3 is 2.53 bits per heavy atom. The average molecular weight is 229 g/mol. The molecule has 17 heavy (non-hydrogen) atoms. The van der Waals surface area contributed by atoms with Gasteiger partial charge < -0.3 is 4.90 Å². The number of nitrogens with zero attached hydrogens (tertiary/aromatic N) is 1. The molecule has 1 aliphatic rings. The predicted molar refractivity (Wildman–Crippen MR) is 64.6 cm³/mol. The molecule has 0 amide bonds. The molecule has 0 spiro atoms. The summed E-state index contributed by atoms with van der Waals surface area (Å²) >= 11 is 0. The molecular formula is C14H17N2O+. The second kappa shape index (κ2) is 5.60. The number of benzene rings is 1. The van der Waals surface area contributed by atoms with Crippen LogP contribution in [0.25, 0.3) is 0 Å². The van der Waals surface area contributed by atoms with Gasteiger partial charge in [-0.1, -0.05) is 30.3 Å². The van der Waals surface area contributed by atoms with Crippen molar-refractivity contribution in [3.63, 3.8) is 0 Å². The van der Waals surface area contributed by atoms with Crippen molar-refractivity contribution in [1.29, 1.82) is 5.26 Å². The summed E-state index contributed by atoms with van der Waals surface area (Å²) in [6, 6.07) is 11.5. The van der Waals surface area contributed by atoms with Crippen LogP contribution < -0.4 is 4.90 Å². The van der Waals surface area contributed by atoms with Crippen LogP contribution in [-0.2, 0) is 4.79 Å². The van der Waals surface area contributed by atoms with Gasteiger partial charge in [-0.05, 0) is 5.56 Å². The molecule has 0 aromatic heterocycles. The maximum Gasteiger partial charge on any atom is 0.208 e. The molecule has 1 atom stereocenters. The Morgan fingerprint density at radius 1 is 1.29 bits per heavy atom. The number of quaternary nitrogens is 1. The molecule has 0 radical (unpaired) electrons. The van der Waals surface area contributed by atoms with Gasteiger partial charge in [0.05, 0.1) is 19.2 Å². The van der Waals surface area contributed by atoms with Crippen molar-refractivity contribution in [3.8, 4) is 6.07 Å². The molecule has 1 heterocycles. The first-order valence-corrected chi connectivity index (χ1v) is 6.12. The van der Waals surface area contributed by atoms with Crippen molar-refractivity contribution in [2.45, 2.75) is 18.8 Å². The quantitative estimate of drug-likeness (QED) is 0.819. The third-order valence-electron chi connectivity index (χ3n) is 3.32. The van der Waals surface area contributed by atoms with E-state index in [2.05, 4.69) is 6.07 Å².